The largest absolute Gasteiger partial charge is 0.465 e. The van der Waals surface area contributed by atoms with Crippen LogP contribution in [0.2, 0.25) is 0 Å². The van der Waals surface area contributed by atoms with E-state index in [-0.39, 0.29) is 5.57 Å². The van der Waals surface area contributed by atoms with E-state index in [1.807, 2.05) is 0 Å². The number of methoxy groups -OCH3 is 1. The molecular formula is C21H31O13P. The van der Waals surface area contributed by atoms with Crippen LogP contribution < -0.4 is 0 Å². The molecule has 0 aromatic heterocycles. The zero-order valence-electron chi connectivity index (χ0n) is 20.7. The highest BCUT2D eigenvalue weighted by molar-refractivity contribution is 7.57. The van der Waals surface area contributed by atoms with E-state index in [9.17, 15) is 28.5 Å². The predicted octanol–water partition coefficient (Wildman–Crippen LogP) is 1.11. The zero-order valence-corrected chi connectivity index (χ0v) is 21.6. The number of hydrogen-bond donors (Lipinski definition) is 0. The summed E-state index contributed by atoms with van der Waals surface area (Å²) in [5, 5.41) is 0. The molecule has 198 valence electrons. The highest BCUT2D eigenvalue weighted by atomic mass is 31.2. The lowest BCUT2D eigenvalue weighted by molar-refractivity contribution is -0.266. The molecule has 35 heavy (non-hydrogen) atoms. The monoisotopic (exact) mass is 522 g/mol. The van der Waals surface area contributed by atoms with Crippen molar-refractivity contribution in [2.75, 3.05) is 27.0 Å². The number of rotatable bonds is 10. The van der Waals surface area contributed by atoms with Gasteiger partial charge in [0.25, 0.3) is 5.79 Å². The molecule has 0 aliphatic carbocycles. The Morgan fingerprint density at radius 3 is 2.03 bits per heavy atom. The first-order valence-corrected chi connectivity index (χ1v) is 12.9. The fourth-order valence-electron chi connectivity index (χ4n) is 3.35. The summed E-state index contributed by atoms with van der Waals surface area (Å²) in [5.41, 5.74) is -0.00315. The molecule has 1 saturated heterocycles. The standard InChI is InChI=1S/C21H31O13P/c1-11-16(30-13(3)23)9-21(20(26)28-6,34-35(7,8)27)33-18(11)19(32-15(5)25)17(31-14(4)24)10-29-12(2)22/h16-19H,1,9-10H2,2-8H3. The molecule has 13 nitrogen and oxygen atoms in total. The van der Waals surface area contributed by atoms with E-state index in [4.69, 9.17) is 32.9 Å². The van der Waals surface area contributed by atoms with Crippen LogP contribution in [0.5, 0.6) is 0 Å². The van der Waals surface area contributed by atoms with Crippen molar-refractivity contribution in [3.8, 4) is 0 Å². The second-order valence-corrected chi connectivity index (χ2v) is 10.7. The van der Waals surface area contributed by atoms with Crippen molar-refractivity contribution in [3.63, 3.8) is 0 Å². The molecule has 0 bridgehead atoms. The maximum Gasteiger partial charge on any atom is 0.367 e. The van der Waals surface area contributed by atoms with Crippen LogP contribution in [0.4, 0.5) is 0 Å². The van der Waals surface area contributed by atoms with Crippen molar-refractivity contribution < 1.29 is 61.5 Å². The first kappa shape index (κ1) is 30.3. The maximum atomic E-state index is 12.8. The Kier molecular flexibility index (Phi) is 10.6. The van der Waals surface area contributed by atoms with Crippen LogP contribution in [0.15, 0.2) is 12.2 Å². The Morgan fingerprint density at radius 2 is 1.60 bits per heavy atom. The van der Waals surface area contributed by atoms with Gasteiger partial charge in [0.1, 0.15) is 18.8 Å². The van der Waals surface area contributed by atoms with Gasteiger partial charge in [-0.25, -0.2) is 4.79 Å². The average molecular weight is 522 g/mol. The SMILES string of the molecule is C=C1C(OC(C)=O)CC(OP(C)(C)=O)(C(=O)OC)OC1C(OC(C)=O)C(COC(C)=O)OC(C)=O. The third kappa shape index (κ3) is 9.08. The predicted molar refractivity (Wildman–Crippen MR) is 117 cm³/mol. The highest BCUT2D eigenvalue weighted by Gasteiger charge is 2.57. The number of hydrogen-bond acceptors (Lipinski definition) is 13. The van der Waals surface area contributed by atoms with Crippen LogP contribution in [0.25, 0.3) is 0 Å². The van der Waals surface area contributed by atoms with E-state index in [0.717, 1.165) is 34.8 Å². The molecule has 0 aromatic carbocycles. The summed E-state index contributed by atoms with van der Waals surface area (Å²) < 4.78 is 49.5. The van der Waals surface area contributed by atoms with Crippen molar-refractivity contribution in [1.29, 1.82) is 0 Å². The van der Waals surface area contributed by atoms with E-state index >= 15 is 0 Å². The van der Waals surface area contributed by atoms with Gasteiger partial charge in [0.15, 0.2) is 19.6 Å². The minimum atomic E-state index is -3.46. The minimum absolute atomic E-state index is 0.00315. The summed E-state index contributed by atoms with van der Waals surface area (Å²) >= 11 is 0. The fourth-order valence-corrected chi connectivity index (χ4v) is 4.26. The van der Waals surface area contributed by atoms with Crippen LogP contribution in [-0.2, 0) is 61.5 Å². The molecule has 1 rings (SSSR count). The second-order valence-electron chi connectivity index (χ2n) is 8.03. The first-order chi connectivity index (χ1) is 16.0. The molecule has 5 unspecified atom stereocenters. The van der Waals surface area contributed by atoms with Crippen molar-refractivity contribution in [1.82, 2.24) is 0 Å². The van der Waals surface area contributed by atoms with Gasteiger partial charge in [-0.3, -0.25) is 28.3 Å². The first-order valence-electron chi connectivity index (χ1n) is 10.4. The van der Waals surface area contributed by atoms with Crippen LogP contribution in [0.3, 0.4) is 0 Å². The van der Waals surface area contributed by atoms with Gasteiger partial charge in [-0.1, -0.05) is 6.58 Å². The minimum Gasteiger partial charge on any atom is -0.465 e. The average Bonchev–Trinajstić information content (AvgIpc) is 2.69. The molecule has 14 heteroatoms. The molecule has 1 fully saturated rings. The molecule has 0 N–H and O–H groups in total. The Balaban J connectivity index is 3.69. The quantitative estimate of drug-likeness (QED) is 0.173. The summed E-state index contributed by atoms with van der Waals surface area (Å²) in [4.78, 5) is 59.7. The number of carbonyl (C=O) groups is 5. The number of carbonyl (C=O) groups excluding carboxylic acids is 5. The summed E-state index contributed by atoms with van der Waals surface area (Å²) in [6.45, 7) is 10.0. The van der Waals surface area contributed by atoms with Crippen molar-refractivity contribution in [3.05, 3.63) is 12.2 Å². The third-order valence-electron chi connectivity index (χ3n) is 4.46. The molecule has 0 spiro atoms. The molecule has 1 heterocycles. The molecule has 0 aromatic rings. The normalized spacial score (nSPS) is 23.9. The van der Waals surface area contributed by atoms with Gasteiger partial charge in [-0.15, -0.1) is 0 Å². The Morgan fingerprint density at radius 1 is 1.03 bits per heavy atom. The van der Waals surface area contributed by atoms with Crippen LogP contribution in [0.1, 0.15) is 34.1 Å². The van der Waals surface area contributed by atoms with Crippen LogP contribution in [-0.4, -0.2) is 87.1 Å². The number of esters is 5. The molecule has 0 radical (unpaired) electrons. The lowest BCUT2D eigenvalue weighted by Gasteiger charge is -2.45. The van der Waals surface area contributed by atoms with E-state index in [1.165, 1.54) is 13.3 Å². The summed E-state index contributed by atoms with van der Waals surface area (Å²) in [6.07, 6.45) is -6.30. The van der Waals surface area contributed by atoms with Crippen LogP contribution >= 0.6 is 7.37 Å². The Hall–Kier alpha value is -2.76. The lowest BCUT2D eigenvalue weighted by Crippen LogP contribution is -2.60. The van der Waals surface area contributed by atoms with E-state index < -0.39 is 80.4 Å². The summed E-state index contributed by atoms with van der Waals surface area (Å²) in [7, 11) is -2.44. The second kappa shape index (κ2) is 12.3. The van der Waals surface area contributed by atoms with E-state index in [2.05, 4.69) is 6.58 Å². The van der Waals surface area contributed by atoms with Gasteiger partial charge in [-0.2, -0.15) is 0 Å². The topological polar surface area (TPSA) is 167 Å². The molecule has 5 atom stereocenters. The fraction of sp³-hybridized carbons (Fsp3) is 0.667. The lowest BCUT2D eigenvalue weighted by atomic mass is 9.89. The van der Waals surface area contributed by atoms with E-state index in [1.54, 1.807) is 0 Å². The van der Waals surface area contributed by atoms with Gasteiger partial charge < -0.3 is 28.4 Å². The van der Waals surface area contributed by atoms with Gasteiger partial charge in [-0.05, 0) is 5.57 Å². The highest BCUT2D eigenvalue weighted by Crippen LogP contribution is 2.49. The molecule has 0 saturated carbocycles. The molecule has 0 amide bonds. The van der Waals surface area contributed by atoms with Crippen molar-refractivity contribution >= 4 is 37.2 Å². The van der Waals surface area contributed by atoms with Gasteiger partial charge in [0.2, 0.25) is 0 Å². The van der Waals surface area contributed by atoms with Gasteiger partial charge >= 0.3 is 29.8 Å². The summed E-state index contributed by atoms with van der Waals surface area (Å²) in [5.74, 6) is -6.68. The van der Waals surface area contributed by atoms with Crippen molar-refractivity contribution in [2.45, 2.75) is 64.3 Å². The Labute approximate surface area is 202 Å². The van der Waals surface area contributed by atoms with Crippen LogP contribution in [0, 0.1) is 0 Å². The Bertz CT molecular complexity index is 907. The molecule has 1 aliphatic heterocycles. The van der Waals surface area contributed by atoms with E-state index in [0.29, 0.717) is 0 Å². The molecular weight excluding hydrogens is 491 g/mol. The van der Waals surface area contributed by atoms with Gasteiger partial charge in [0.05, 0.1) is 13.5 Å². The van der Waals surface area contributed by atoms with Crippen molar-refractivity contribution in [2.24, 2.45) is 0 Å². The molecule has 1 aliphatic rings. The summed E-state index contributed by atoms with van der Waals surface area (Å²) in [6, 6.07) is 0. The van der Waals surface area contributed by atoms with Gasteiger partial charge in [0, 0.05) is 41.0 Å². The smallest absolute Gasteiger partial charge is 0.367 e. The zero-order chi connectivity index (χ0) is 27.1. The maximum absolute atomic E-state index is 12.8. The third-order valence-corrected chi connectivity index (χ3v) is 5.19. The number of ether oxygens (including phenoxy) is 6.